The second kappa shape index (κ2) is 13.5. The Bertz CT molecular complexity index is 2380. The number of benzene rings is 2. The molecule has 1 unspecified atom stereocenters. The molecular formula is C40H47N5O8S. The molecule has 1 N–H and O–H groups in total. The number of rotatable bonds is 11. The topological polar surface area (TPSA) is 163 Å². The van der Waals surface area contributed by atoms with E-state index in [2.05, 4.69) is 49.7 Å². The molecule has 0 aliphatic carbocycles. The zero-order chi connectivity index (χ0) is 38.9. The number of hydrogen-bond acceptors (Lipinski definition) is 10. The molecular weight excluding hydrogens is 711 g/mol. The molecule has 0 saturated carbocycles. The van der Waals surface area contributed by atoms with Gasteiger partial charge < -0.3 is 24.0 Å². The average Bonchev–Trinajstić information content (AvgIpc) is 3.75. The van der Waals surface area contributed by atoms with E-state index < -0.39 is 38.2 Å². The second-order valence-electron chi connectivity index (χ2n) is 15.6. The van der Waals surface area contributed by atoms with Crippen LogP contribution in [0.1, 0.15) is 116 Å². The van der Waals surface area contributed by atoms with Crippen LogP contribution < -0.4 is 25.2 Å². The fraction of sp³-hybridized carbons (Fsp3) is 0.475. The first-order valence-electron chi connectivity index (χ1n) is 18.7. The molecule has 286 valence electrons. The minimum absolute atomic E-state index is 0.0176. The molecule has 1 saturated heterocycles. The highest BCUT2D eigenvalue weighted by Crippen LogP contribution is 2.52. The molecule has 0 radical (unpaired) electrons. The van der Waals surface area contributed by atoms with Crippen molar-refractivity contribution in [3.8, 4) is 11.5 Å². The van der Waals surface area contributed by atoms with Gasteiger partial charge in [0.15, 0.2) is 11.3 Å². The first-order valence-corrected chi connectivity index (χ1v) is 20.1. The van der Waals surface area contributed by atoms with E-state index in [4.69, 9.17) is 14.6 Å². The highest BCUT2D eigenvalue weighted by atomic mass is 32.2. The normalized spacial score (nSPS) is 19.4. The Morgan fingerprint density at radius 2 is 1.80 bits per heavy atom. The molecule has 4 aliphatic heterocycles. The minimum atomic E-state index is -5.03. The number of imidazole rings is 1. The van der Waals surface area contributed by atoms with Crippen LogP contribution in [0, 0.1) is 0 Å². The third kappa shape index (κ3) is 6.22. The lowest BCUT2D eigenvalue weighted by molar-refractivity contribution is -0.197. The molecule has 4 aliphatic rings. The summed E-state index contributed by atoms with van der Waals surface area (Å²) in [5, 5.41) is 5.55. The predicted molar refractivity (Wildman–Crippen MR) is 200 cm³/mol. The number of aryl methyl sites for hydroxylation is 1. The first kappa shape index (κ1) is 37.5. The SMILES string of the molecule is CCC1=CC(C)(C)[N+](CC)=c2cc3c(cc21)=C(c1nccn1CCCCCC(=O)ON1C(=O)CCC1=O)c1cc2c(c(S(=O)(=O)[O-])c1O3)NC(C)C2(C)C. The Morgan fingerprint density at radius 1 is 1.07 bits per heavy atom. The molecule has 2 amide bonds. The van der Waals surface area contributed by atoms with Crippen molar-refractivity contribution >= 4 is 44.7 Å². The first-order chi connectivity index (χ1) is 25.5. The largest absolute Gasteiger partial charge is 0.744 e. The number of carbonyl (C=O) groups is 3. The number of fused-ring (bicyclic) bond motifs is 4. The number of aromatic nitrogens is 2. The van der Waals surface area contributed by atoms with Gasteiger partial charge in [0.05, 0.1) is 11.8 Å². The van der Waals surface area contributed by atoms with Crippen molar-refractivity contribution in [1.29, 1.82) is 0 Å². The zero-order valence-electron chi connectivity index (χ0n) is 31.9. The summed E-state index contributed by atoms with van der Waals surface area (Å²) in [6.07, 6.45) is 8.57. The predicted octanol–water partition coefficient (Wildman–Crippen LogP) is 4.50. The van der Waals surface area contributed by atoms with Gasteiger partial charge in [-0.3, -0.25) is 9.59 Å². The van der Waals surface area contributed by atoms with Crippen LogP contribution in [0.3, 0.4) is 0 Å². The van der Waals surface area contributed by atoms with Gasteiger partial charge in [0.25, 0.3) is 11.8 Å². The Morgan fingerprint density at radius 3 is 2.46 bits per heavy atom. The maximum Gasteiger partial charge on any atom is 0.333 e. The van der Waals surface area contributed by atoms with Gasteiger partial charge >= 0.3 is 5.97 Å². The molecule has 1 fully saturated rings. The number of likely N-dealkylation sites (N-methyl/N-ethyl adjacent to an activating group) is 1. The van der Waals surface area contributed by atoms with Crippen LogP contribution in [0.2, 0.25) is 0 Å². The molecule has 3 aromatic rings. The number of nitrogens with zero attached hydrogens (tertiary/aromatic N) is 4. The van der Waals surface area contributed by atoms with E-state index in [0.29, 0.717) is 59.1 Å². The summed E-state index contributed by atoms with van der Waals surface area (Å²) >= 11 is 0. The van der Waals surface area contributed by atoms with Gasteiger partial charge in [-0.25, -0.2) is 22.8 Å². The number of hydrogen-bond donors (Lipinski definition) is 1. The molecule has 0 bridgehead atoms. The summed E-state index contributed by atoms with van der Waals surface area (Å²) in [4.78, 5) is 45.5. The maximum absolute atomic E-state index is 13.2. The quantitative estimate of drug-likeness (QED) is 0.0998. The van der Waals surface area contributed by atoms with Gasteiger partial charge in [0.2, 0.25) is 5.36 Å². The molecule has 7 rings (SSSR count). The third-order valence-electron chi connectivity index (χ3n) is 11.4. The van der Waals surface area contributed by atoms with Crippen molar-refractivity contribution in [2.75, 3.05) is 11.9 Å². The second-order valence-corrected chi connectivity index (χ2v) is 16.9. The van der Waals surface area contributed by atoms with Gasteiger partial charge in [0.1, 0.15) is 33.1 Å². The summed E-state index contributed by atoms with van der Waals surface area (Å²) in [5.74, 6) is -0.657. The van der Waals surface area contributed by atoms with Crippen LogP contribution in [0.4, 0.5) is 5.69 Å². The minimum Gasteiger partial charge on any atom is -0.744 e. The van der Waals surface area contributed by atoms with Gasteiger partial charge in [-0.05, 0) is 62.5 Å². The van der Waals surface area contributed by atoms with Crippen molar-refractivity contribution < 1.29 is 36.9 Å². The molecule has 0 spiro atoms. The highest BCUT2D eigenvalue weighted by molar-refractivity contribution is 7.86. The number of imide groups is 1. The van der Waals surface area contributed by atoms with Crippen molar-refractivity contribution in [3.05, 3.63) is 69.8 Å². The Hall–Kier alpha value is -4.82. The van der Waals surface area contributed by atoms with E-state index in [9.17, 15) is 27.4 Å². The lowest BCUT2D eigenvalue weighted by Gasteiger charge is -2.29. The number of unbranched alkanes of at least 4 members (excludes halogenated alkanes) is 2. The number of hydroxylamine groups is 2. The molecule has 1 aromatic heterocycles. The Labute approximate surface area is 315 Å². The van der Waals surface area contributed by atoms with E-state index in [0.717, 1.165) is 29.1 Å². The third-order valence-corrected chi connectivity index (χ3v) is 12.3. The summed E-state index contributed by atoms with van der Waals surface area (Å²) < 4.78 is 50.6. The van der Waals surface area contributed by atoms with Gasteiger partial charge in [-0.15, -0.1) is 5.06 Å². The molecule has 13 nitrogen and oxygen atoms in total. The fourth-order valence-electron chi connectivity index (χ4n) is 8.29. The van der Waals surface area contributed by atoms with Crippen LogP contribution in [-0.4, -0.2) is 63.5 Å². The van der Waals surface area contributed by atoms with E-state index in [1.54, 1.807) is 6.20 Å². The Balaban J connectivity index is 1.34. The fourth-order valence-corrected chi connectivity index (χ4v) is 9.08. The van der Waals surface area contributed by atoms with E-state index in [1.165, 1.54) is 5.57 Å². The lowest BCUT2D eigenvalue weighted by atomic mass is 9.80. The molecule has 1 atom stereocenters. The average molecular weight is 758 g/mol. The standard InChI is InChI=1S/C40H47N5O8S/c1-8-24-22-39(4,5)44(9-2)29-21-30-26(19-25(24)29)34(27-20-28-35(42-23(3)40(28,6)7)37(36(27)52-30)54(49,50)51)38-41-16-18-43(38)17-12-10-11-13-33(48)53-45-31(46)14-15-32(45)47/h16,18-23H,8-15,17H2,1-7H3,(H,49,50,51). The maximum atomic E-state index is 13.2. The number of allylic oxidation sites excluding steroid dienone is 1. The number of carbonyl (C=O) groups excluding carboxylic acids is 3. The summed E-state index contributed by atoms with van der Waals surface area (Å²) in [6.45, 7) is 15.8. The summed E-state index contributed by atoms with van der Waals surface area (Å²) in [7, 11) is -5.03. The lowest BCUT2D eigenvalue weighted by Crippen LogP contribution is -2.49. The number of anilines is 1. The highest BCUT2D eigenvalue weighted by Gasteiger charge is 2.43. The zero-order valence-corrected chi connectivity index (χ0v) is 32.7. The van der Waals surface area contributed by atoms with Crippen LogP contribution in [0.5, 0.6) is 11.5 Å². The van der Waals surface area contributed by atoms with E-state index >= 15 is 0 Å². The Kier molecular flexibility index (Phi) is 9.36. The molecule has 5 heterocycles. The van der Waals surface area contributed by atoms with Gasteiger partial charge in [0, 0.05) is 85.4 Å². The van der Waals surface area contributed by atoms with Gasteiger partial charge in [-0.1, -0.05) is 27.2 Å². The number of nitrogens with one attached hydrogen (secondary N) is 1. The number of ether oxygens (including phenoxy) is 1. The van der Waals surface area contributed by atoms with Crippen molar-refractivity contribution in [3.63, 3.8) is 0 Å². The molecule has 2 aromatic carbocycles. The van der Waals surface area contributed by atoms with Gasteiger partial charge in [-0.2, -0.15) is 0 Å². The van der Waals surface area contributed by atoms with Crippen molar-refractivity contribution in [1.82, 2.24) is 19.2 Å². The van der Waals surface area contributed by atoms with E-state index in [-0.39, 0.29) is 42.3 Å². The molecule has 14 heteroatoms. The van der Waals surface area contributed by atoms with Crippen LogP contribution in [0.25, 0.3) is 11.1 Å². The summed E-state index contributed by atoms with van der Waals surface area (Å²) in [5.41, 5.74) is 3.56. The van der Waals surface area contributed by atoms with Crippen LogP contribution in [-0.2, 0) is 41.3 Å². The van der Waals surface area contributed by atoms with E-state index in [1.807, 2.05) is 43.7 Å². The molecule has 54 heavy (non-hydrogen) atoms. The van der Waals surface area contributed by atoms with Crippen molar-refractivity contribution in [2.24, 2.45) is 0 Å². The number of amides is 2. The van der Waals surface area contributed by atoms with Crippen LogP contribution >= 0.6 is 0 Å². The van der Waals surface area contributed by atoms with Crippen molar-refractivity contribution in [2.45, 2.75) is 122 Å². The smallest absolute Gasteiger partial charge is 0.333 e. The van der Waals surface area contributed by atoms with Crippen LogP contribution in [0.15, 0.2) is 41.6 Å². The monoisotopic (exact) mass is 757 g/mol. The summed E-state index contributed by atoms with van der Waals surface area (Å²) in [6, 6.07) is 5.86.